The van der Waals surface area contributed by atoms with Crippen LogP contribution in [0.15, 0.2) is 78.3 Å². The molecular formula is C54H67N7O8S. The van der Waals surface area contributed by atoms with E-state index >= 15 is 0 Å². The molecule has 6 atom stereocenters. The molecule has 0 spiro atoms. The predicted molar refractivity (Wildman–Crippen MR) is 270 cm³/mol. The molecule has 1 aromatic heterocycles. The molecule has 1 saturated heterocycles. The average molecular weight is 974 g/mol. The van der Waals surface area contributed by atoms with Crippen molar-refractivity contribution in [3.63, 3.8) is 0 Å². The van der Waals surface area contributed by atoms with Gasteiger partial charge in [0.05, 0.1) is 46.6 Å². The van der Waals surface area contributed by atoms with Crippen LogP contribution < -0.4 is 26.6 Å². The molecule has 3 aliphatic heterocycles. The third-order valence-corrected chi connectivity index (χ3v) is 14.4. The molecule has 4 aromatic rings. The van der Waals surface area contributed by atoms with Gasteiger partial charge in [-0.15, -0.1) is 11.3 Å². The van der Waals surface area contributed by atoms with Crippen LogP contribution in [0.4, 0.5) is 5.69 Å². The van der Waals surface area contributed by atoms with Gasteiger partial charge in [-0.2, -0.15) is 0 Å². The summed E-state index contributed by atoms with van der Waals surface area (Å²) in [5.74, 6) is -1.85. The third-order valence-electron chi connectivity index (χ3n) is 13.5. The summed E-state index contributed by atoms with van der Waals surface area (Å²) < 4.78 is 6.24. The minimum Gasteiger partial charge on any atom is -0.391 e. The Labute approximate surface area is 414 Å². The number of thiazole rings is 1. The van der Waals surface area contributed by atoms with E-state index in [1.54, 1.807) is 16.2 Å². The lowest BCUT2D eigenvalue weighted by atomic mass is 9.85. The van der Waals surface area contributed by atoms with E-state index < -0.39 is 53.6 Å². The van der Waals surface area contributed by atoms with Crippen LogP contribution in [0.25, 0.3) is 16.5 Å². The van der Waals surface area contributed by atoms with E-state index in [-0.39, 0.29) is 62.6 Å². The third kappa shape index (κ3) is 12.9. The Kier molecular flexibility index (Phi) is 17.1. The van der Waals surface area contributed by atoms with Gasteiger partial charge < -0.3 is 36.4 Å². The molecule has 0 unspecified atom stereocenters. The smallest absolute Gasteiger partial charge is 0.246 e. The Bertz CT molecular complexity index is 2550. The van der Waals surface area contributed by atoms with Crippen molar-refractivity contribution in [3.05, 3.63) is 112 Å². The van der Waals surface area contributed by atoms with E-state index in [1.165, 1.54) is 4.90 Å². The summed E-state index contributed by atoms with van der Waals surface area (Å²) in [7, 11) is 0. The largest absolute Gasteiger partial charge is 0.391 e. The normalized spacial score (nSPS) is 19.1. The summed E-state index contributed by atoms with van der Waals surface area (Å²) in [4.78, 5) is 88.2. The number of nitrogens with two attached hydrogens (primary N) is 1. The Hall–Kier alpha value is -6.23. The molecule has 15 nitrogen and oxygen atoms in total. The van der Waals surface area contributed by atoms with Gasteiger partial charge in [0.25, 0.3) is 0 Å². The number of carbonyl (C=O) groups excluding carboxylic acids is 6. The van der Waals surface area contributed by atoms with Crippen molar-refractivity contribution in [3.8, 4) is 10.4 Å². The first-order chi connectivity index (χ1) is 33.5. The standard InChI is InChI=1S/C54H67N7O8S/c1-33-49(70-32-57-33)39-23-21-36(22-24-39)29-56-51(66)43-28-41(62)30-60(43)53(68)50(54(3,4)5)59-46(64)15-8-6-7-11-35-17-19-37(20-18-35)31-69-34(2)42(25-26-45(55)63)58-52(67)44-27-40-14-9-12-38-13-10-16-47(65)61(44)48(38)40/h7,9,11-12,14,17-24,32,34,41-44,50,62H,6,8,10,13,15-16,25-31H2,1-5H3,(H2,55,63)(H,56,66)(H,58,67)(H,59,64)/b11-7+/t34-,41-,42+,43+,44+,50-/m1/s1. The van der Waals surface area contributed by atoms with Crippen molar-refractivity contribution in [2.45, 2.75) is 148 Å². The number of rotatable bonds is 20. The first kappa shape index (κ1) is 51.6. The minimum atomic E-state index is -0.908. The van der Waals surface area contributed by atoms with Crippen molar-refractivity contribution in [1.82, 2.24) is 25.8 Å². The fourth-order valence-electron chi connectivity index (χ4n) is 9.52. The van der Waals surface area contributed by atoms with Crippen molar-refractivity contribution in [2.75, 3.05) is 11.4 Å². The zero-order valence-electron chi connectivity index (χ0n) is 40.9. The van der Waals surface area contributed by atoms with Gasteiger partial charge in [0, 0.05) is 45.2 Å². The maximum absolute atomic E-state index is 14.1. The molecule has 0 radical (unpaired) electrons. The first-order valence-corrected chi connectivity index (χ1v) is 25.3. The van der Waals surface area contributed by atoms with E-state index in [2.05, 4.69) is 20.9 Å². The van der Waals surface area contributed by atoms with E-state index in [4.69, 9.17) is 10.5 Å². The number of nitrogens with one attached hydrogen (secondary N) is 3. The molecule has 70 heavy (non-hydrogen) atoms. The molecule has 3 aliphatic rings. The lowest BCUT2D eigenvalue weighted by Gasteiger charge is -2.35. The van der Waals surface area contributed by atoms with Crippen molar-refractivity contribution >= 4 is 58.5 Å². The minimum absolute atomic E-state index is 0.000208. The molecule has 0 bridgehead atoms. The second-order valence-corrected chi connectivity index (χ2v) is 20.7. The lowest BCUT2D eigenvalue weighted by Crippen LogP contribution is -2.57. The molecule has 6 N–H and O–H groups in total. The number of β-amino-alcohol motifs (C(OH)–C–C–N with tert-alkyl or cyclic N) is 1. The summed E-state index contributed by atoms with van der Waals surface area (Å²) in [6, 6.07) is 18.7. The van der Waals surface area contributed by atoms with Crippen LogP contribution in [0.2, 0.25) is 0 Å². The van der Waals surface area contributed by atoms with Crippen LogP contribution in [-0.4, -0.2) is 93.4 Å². The monoisotopic (exact) mass is 973 g/mol. The summed E-state index contributed by atoms with van der Waals surface area (Å²) in [5.41, 5.74) is 14.4. The number of unbranched alkanes of at least 4 members (excludes halogenated alkanes) is 1. The second kappa shape index (κ2) is 23.1. The summed E-state index contributed by atoms with van der Waals surface area (Å²) >= 11 is 1.57. The van der Waals surface area contributed by atoms with Gasteiger partial charge in [-0.3, -0.25) is 33.7 Å². The molecular weight excluding hydrogens is 907 g/mol. The molecule has 4 heterocycles. The number of para-hydroxylation sites is 1. The number of nitrogens with zero attached hydrogens (tertiary/aromatic N) is 3. The van der Waals surface area contributed by atoms with Crippen molar-refractivity contribution in [1.29, 1.82) is 0 Å². The Morgan fingerprint density at radius 3 is 2.37 bits per heavy atom. The number of anilines is 1. The number of aliphatic hydroxyl groups is 1. The zero-order valence-corrected chi connectivity index (χ0v) is 41.7. The van der Waals surface area contributed by atoms with Crippen molar-refractivity contribution < 1.29 is 38.6 Å². The molecule has 0 aliphatic carbocycles. The maximum Gasteiger partial charge on any atom is 0.246 e. The molecule has 0 saturated carbocycles. The SMILES string of the molecule is Cc1ncsc1-c1ccc(CNC(=O)[C@@H]2C[C@@H](O)CN2C(=O)[C@@H](NC(=O)CCC/C=C/c2ccc(CO[C@H](C)[C@H](CCC(N)=O)NC(=O)[C@@H]3Cc4cccc5c4N3C(=O)CCC5)cc2)C(C)(C)C)cc1. The second-order valence-electron chi connectivity index (χ2n) is 19.9. The Balaban J connectivity index is 0.855. The number of hydrogen-bond acceptors (Lipinski definition) is 10. The van der Waals surface area contributed by atoms with E-state index in [0.29, 0.717) is 32.1 Å². The number of allylic oxidation sites excluding steroid dienone is 1. The number of aromatic nitrogens is 1. The Morgan fingerprint density at radius 2 is 1.67 bits per heavy atom. The number of hydrogen-bond donors (Lipinski definition) is 5. The zero-order chi connectivity index (χ0) is 50.1. The summed E-state index contributed by atoms with van der Waals surface area (Å²) in [5, 5.41) is 19.6. The molecule has 7 rings (SSSR count). The maximum atomic E-state index is 14.1. The topological polar surface area (TPSA) is 213 Å². The predicted octanol–water partition coefficient (Wildman–Crippen LogP) is 6.06. The van der Waals surface area contributed by atoms with Crippen LogP contribution in [-0.2, 0) is 59.5 Å². The van der Waals surface area contributed by atoms with Gasteiger partial charge >= 0.3 is 0 Å². The number of ether oxygens (including phenoxy) is 1. The van der Waals surface area contributed by atoms with Crippen LogP contribution in [0.3, 0.4) is 0 Å². The first-order valence-electron chi connectivity index (χ1n) is 24.4. The van der Waals surface area contributed by atoms with Gasteiger partial charge in [-0.1, -0.05) is 99.7 Å². The molecule has 372 valence electrons. The van der Waals surface area contributed by atoms with Gasteiger partial charge in [0.2, 0.25) is 35.4 Å². The number of benzene rings is 3. The number of carbonyl (C=O) groups is 6. The fourth-order valence-corrected chi connectivity index (χ4v) is 10.3. The number of likely N-dealkylation sites (tertiary alicyclic amines) is 1. The quantitative estimate of drug-likeness (QED) is 0.0651. The summed E-state index contributed by atoms with van der Waals surface area (Å²) in [6.07, 6.45) is 6.81. The van der Waals surface area contributed by atoms with E-state index in [9.17, 15) is 33.9 Å². The highest BCUT2D eigenvalue weighted by Gasteiger charge is 2.45. The van der Waals surface area contributed by atoms with Crippen LogP contribution in [0, 0.1) is 12.3 Å². The van der Waals surface area contributed by atoms with Crippen LogP contribution >= 0.6 is 11.3 Å². The highest BCUT2D eigenvalue weighted by molar-refractivity contribution is 7.13. The van der Waals surface area contributed by atoms with E-state index in [1.807, 2.05) is 119 Å². The lowest BCUT2D eigenvalue weighted by molar-refractivity contribution is -0.144. The number of aryl methyl sites for hydroxylation is 2. The fraction of sp³-hybridized carbons (Fsp3) is 0.463. The molecule has 6 amide bonds. The van der Waals surface area contributed by atoms with Gasteiger partial charge in [0.1, 0.15) is 18.1 Å². The summed E-state index contributed by atoms with van der Waals surface area (Å²) in [6.45, 7) is 9.94. The van der Waals surface area contributed by atoms with Gasteiger partial charge in [-0.25, -0.2) is 4.98 Å². The van der Waals surface area contributed by atoms with E-state index in [0.717, 1.165) is 62.5 Å². The van der Waals surface area contributed by atoms with Gasteiger partial charge in [0.15, 0.2) is 0 Å². The molecule has 16 heteroatoms. The van der Waals surface area contributed by atoms with Crippen LogP contribution in [0.1, 0.15) is 113 Å². The number of amides is 6. The molecule has 3 aromatic carbocycles. The van der Waals surface area contributed by atoms with Crippen molar-refractivity contribution in [2.24, 2.45) is 11.1 Å². The Morgan fingerprint density at radius 1 is 0.943 bits per heavy atom. The number of aliphatic hydroxyl groups excluding tert-OH is 1. The highest BCUT2D eigenvalue weighted by atomic mass is 32.1. The average Bonchev–Trinajstić information content (AvgIpc) is 4.04. The van der Waals surface area contributed by atoms with Gasteiger partial charge in [-0.05, 0) is 84.7 Å². The molecule has 1 fully saturated rings. The van der Waals surface area contributed by atoms with Crippen LogP contribution in [0.5, 0.6) is 0 Å². The highest BCUT2D eigenvalue weighted by Crippen LogP contribution is 2.39. The number of primary amides is 1.